The molecule has 0 aliphatic rings. The Balaban J connectivity index is 2.27. The van der Waals surface area contributed by atoms with Gasteiger partial charge in [-0.2, -0.15) is 0 Å². The van der Waals surface area contributed by atoms with Gasteiger partial charge in [0.1, 0.15) is 0 Å². The highest BCUT2D eigenvalue weighted by Crippen LogP contribution is 2.01. The summed E-state index contributed by atoms with van der Waals surface area (Å²) in [5, 5.41) is 2.75. The Morgan fingerprint density at radius 3 is 2.76 bits per heavy atom. The second-order valence-corrected chi connectivity index (χ2v) is 3.78. The second kappa shape index (κ2) is 7.81. The number of carbonyl (C=O) groups is 1. The third-order valence-electron chi connectivity index (χ3n) is 2.38. The van der Waals surface area contributed by atoms with Crippen molar-refractivity contribution in [2.75, 3.05) is 19.8 Å². The molecule has 94 valence electrons. The van der Waals surface area contributed by atoms with Crippen LogP contribution >= 0.6 is 0 Å². The molecule has 1 aromatic rings. The molecule has 0 unspecified atom stereocenters. The molecule has 1 aromatic carbocycles. The van der Waals surface area contributed by atoms with Gasteiger partial charge in [0.25, 0.3) is 0 Å². The van der Waals surface area contributed by atoms with E-state index in [1.165, 1.54) is 0 Å². The Kier molecular flexibility index (Phi) is 6.29. The molecule has 0 spiro atoms. The van der Waals surface area contributed by atoms with E-state index < -0.39 is 6.04 Å². The van der Waals surface area contributed by atoms with Crippen molar-refractivity contribution in [3.8, 4) is 0 Å². The van der Waals surface area contributed by atoms with Gasteiger partial charge in [0.2, 0.25) is 5.91 Å². The Bertz CT molecular complexity index is 327. The van der Waals surface area contributed by atoms with Crippen LogP contribution in [0, 0.1) is 0 Å². The van der Waals surface area contributed by atoms with Gasteiger partial charge in [-0.25, -0.2) is 0 Å². The number of amides is 1. The first-order valence-corrected chi connectivity index (χ1v) is 5.89. The van der Waals surface area contributed by atoms with Crippen molar-refractivity contribution >= 4 is 5.91 Å². The molecule has 0 heterocycles. The maximum Gasteiger partial charge on any atom is 0.237 e. The normalized spacial score (nSPS) is 12.1. The predicted molar refractivity (Wildman–Crippen MR) is 67.6 cm³/mol. The molecular formula is C13H20N2O2. The van der Waals surface area contributed by atoms with Crippen LogP contribution in [0.5, 0.6) is 0 Å². The fraction of sp³-hybridized carbons (Fsp3) is 0.462. The molecule has 1 rings (SSSR count). The van der Waals surface area contributed by atoms with E-state index in [1.54, 1.807) is 0 Å². The maximum atomic E-state index is 11.6. The number of nitrogens with one attached hydrogen (secondary N) is 1. The van der Waals surface area contributed by atoms with Gasteiger partial charge in [0.15, 0.2) is 0 Å². The van der Waals surface area contributed by atoms with Crippen LogP contribution < -0.4 is 11.1 Å². The van der Waals surface area contributed by atoms with E-state index in [1.807, 2.05) is 37.3 Å². The number of hydrogen-bond acceptors (Lipinski definition) is 3. The van der Waals surface area contributed by atoms with Crippen LogP contribution in [0.1, 0.15) is 12.5 Å². The van der Waals surface area contributed by atoms with Crippen LogP contribution in [-0.4, -0.2) is 31.7 Å². The minimum atomic E-state index is -0.501. The zero-order valence-corrected chi connectivity index (χ0v) is 10.2. The van der Waals surface area contributed by atoms with Crippen molar-refractivity contribution in [2.24, 2.45) is 5.73 Å². The molecule has 0 aliphatic carbocycles. The van der Waals surface area contributed by atoms with Crippen molar-refractivity contribution in [1.29, 1.82) is 0 Å². The first-order valence-electron chi connectivity index (χ1n) is 5.89. The number of nitrogens with two attached hydrogens (primary N) is 1. The van der Waals surface area contributed by atoms with Gasteiger partial charge in [-0.3, -0.25) is 4.79 Å². The fourth-order valence-corrected chi connectivity index (χ4v) is 1.48. The molecule has 4 heteroatoms. The summed E-state index contributed by atoms with van der Waals surface area (Å²) in [7, 11) is 0. The molecule has 0 radical (unpaired) electrons. The topological polar surface area (TPSA) is 64.3 Å². The van der Waals surface area contributed by atoms with Gasteiger partial charge in [-0.1, -0.05) is 30.3 Å². The molecule has 0 saturated heterocycles. The second-order valence-electron chi connectivity index (χ2n) is 3.78. The zero-order chi connectivity index (χ0) is 12.5. The van der Waals surface area contributed by atoms with E-state index in [0.29, 0.717) is 26.2 Å². The molecule has 0 saturated carbocycles. The molecule has 4 nitrogen and oxygen atoms in total. The van der Waals surface area contributed by atoms with Crippen LogP contribution in [0.4, 0.5) is 0 Å². The molecule has 1 atom stereocenters. The van der Waals surface area contributed by atoms with Gasteiger partial charge < -0.3 is 15.8 Å². The highest BCUT2D eigenvalue weighted by Gasteiger charge is 2.12. The van der Waals surface area contributed by atoms with Crippen molar-refractivity contribution < 1.29 is 9.53 Å². The lowest BCUT2D eigenvalue weighted by atomic mass is 10.1. The molecular weight excluding hydrogens is 216 g/mol. The molecule has 0 aromatic heterocycles. The summed E-state index contributed by atoms with van der Waals surface area (Å²) in [6.45, 7) is 3.62. The van der Waals surface area contributed by atoms with E-state index in [9.17, 15) is 4.79 Å². The van der Waals surface area contributed by atoms with Crippen molar-refractivity contribution in [3.05, 3.63) is 35.9 Å². The molecule has 0 fully saturated rings. The number of carbonyl (C=O) groups excluding carboxylic acids is 1. The van der Waals surface area contributed by atoms with Gasteiger partial charge in [-0.05, 0) is 18.9 Å². The summed E-state index contributed by atoms with van der Waals surface area (Å²) in [4.78, 5) is 11.6. The number of benzene rings is 1. The van der Waals surface area contributed by atoms with E-state index in [0.717, 1.165) is 5.56 Å². The monoisotopic (exact) mass is 236 g/mol. The molecule has 3 N–H and O–H groups in total. The Morgan fingerprint density at radius 2 is 2.12 bits per heavy atom. The van der Waals surface area contributed by atoms with E-state index in [-0.39, 0.29) is 5.91 Å². The van der Waals surface area contributed by atoms with Crippen molar-refractivity contribution in [1.82, 2.24) is 5.32 Å². The standard InChI is InChI=1S/C13H20N2O2/c1-2-17-9-8-15-13(16)12(14)10-11-6-4-3-5-7-11/h3-7,12H,2,8-10,14H2,1H3,(H,15,16)/t12-/m0/s1. The summed E-state index contributed by atoms with van der Waals surface area (Å²) in [5.74, 6) is -0.131. The predicted octanol–water partition coefficient (Wildman–Crippen LogP) is 0.709. The van der Waals surface area contributed by atoms with Crippen LogP contribution in [-0.2, 0) is 16.0 Å². The van der Waals surface area contributed by atoms with Crippen LogP contribution in [0.2, 0.25) is 0 Å². The molecule has 17 heavy (non-hydrogen) atoms. The average Bonchev–Trinajstić information content (AvgIpc) is 2.35. The Hall–Kier alpha value is -1.39. The number of ether oxygens (including phenoxy) is 1. The van der Waals surface area contributed by atoms with Gasteiger partial charge >= 0.3 is 0 Å². The van der Waals surface area contributed by atoms with Crippen molar-refractivity contribution in [2.45, 2.75) is 19.4 Å². The quantitative estimate of drug-likeness (QED) is 0.685. The smallest absolute Gasteiger partial charge is 0.237 e. The third kappa shape index (κ3) is 5.47. The lowest BCUT2D eigenvalue weighted by Gasteiger charge is -2.12. The average molecular weight is 236 g/mol. The minimum Gasteiger partial charge on any atom is -0.380 e. The number of rotatable bonds is 7. The van der Waals surface area contributed by atoms with Gasteiger partial charge in [-0.15, -0.1) is 0 Å². The first kappa shape index (κ1) is 13.7. The maximum absolute atomic E-state index is 11.6. The Labute approximate surface area is 102 Å². The zero-order valence-electron chi connectivity index (χ0n) is 10.2. The lowest BCUT2D eigenvalue weighted by Crippen LogP contribution is -2.43. The van der Waals surface area contributed by atoms with Crippen LogP contribution in [0.25, 0.3) is 0 Å². The SMILES string of the molecule is CCOCCNC(=O)[C@@H](N)Cc1ccccc1. The minimum absolute atomic E-state index is 0.131. The first-order chi connectivity index (χ1) is 8.24. The molecule has 0 aliphatic heterocycles. The summed E-state index contributed by atoms with van der Waals surface area (Å²) in [6, 6.07) is 9.25. The highest BCUT2D eigenvalue weighted by molar-refractivity contribution is 5.81. The van der Waals surface area contributed by atoms with Gasteiger partial charge in [0, 0.05) is 13.2 Å². The Morgan fingerprint density at radius 1 is 1.41 bits per heavy atom. The van der Waals surface area contributed by atoms with Crippen LogP contribution in [0.15, 0.2) is 30.3 Å². The summed E-state index contributed by atoms with van der Waals surface area (Å²) in [5.41, 5.74) is 6.88. The van der Waals surface area contributed by atoms with Crippen molar-refractivity contribution in [3.63, 3.8) is 0 Å². The number of hydrogen-bond donors (Lipinski definition) is 2. The fourth-order valence-electron chi connectivity index (χ4n) is 1.48. The summed E-state index contributed by atoms with van der Waals surface area (Å²) < 4.78 is 5.13. The summed E-state index contributed by atoms with van der Waals surface area (Å²) >= 11 is 0. The summed E-state index contributed by atoms with van der Waals surface area (Å²) in [6.07, 6.45) is 0.557. The van der Waals surface area contributed by atoms with Crippen LogP contribution in [0.3, 0.4) is 0 Å². The highest BCUT2D eigenvalue weighted by atomic mass is 16.5. The molecule has 1 amide bonds. The largest absolute Gasteiger partial charge is 0.380 e. The van der Waals surface area contributed by atoms with E-state index in [4.69, 9.17) is 10.5 Å². The van der Waals surface area contributed by atoms with E-state index in [2.05, 4.69) is 5.32 Å². The third-order valence-corrected chi connectivity index (χ3v) is 2.38. The molecule has 0 bridgehead atoms. The van der Waals surface area contributed by atoms with E-state index >= 15 is 0 Å². The van der Waals surface area contributed by atoms with Gasteiger partial charge in [0.05, 0.1) is 12.6 Å². The lowest BCUT2D eigenvalue weighted by molar-refractivity contribution is -0.122.